The van der Waals surface area contributed by atoms with E-state index in [0.717, 1.165) is 12.8 Å². The predicted molar refractivity (Wildman–Crippen MR) is 43.4 cm³/mol. The van der Waals surface area contributed by atoms with Crippen molar-refractivity contribution >= 4 is 29.3 Å². The minimum Gasteiger partial charge on any atom is -0.320 e. The maximum absolute atomic E-state index is 10.4. The Morgan fingerprint density at radius 3 is 2.20 bits per heavy atom. The van der Waals surface area contributed by atoms with Crippen molar-refractivity contribution in [2.75, 3.05) is 0 Å². The number of carbonyl (C=O) groups excluding carboxylic acids is 1. The second-order valence-electron chi connectivity index (χ2n) is 2.52. The van der Waals surface area contributed by atoms with Crippen LogP contribution in [0.3, 0.4) is 0 Å². The van der Waals surface area contributed by atoms with Crippen LogP contribution in [0.25, 0.3) is 0 Å². The molecule has 0 amide bonds. The molecule has 0 saturated heterocycles. The van der Waals surface area contributed by atoms with E-state index in [0.29, 0.717) is 5.92 Å². The van der Waals surface area contributed by atoms with E-state index in [1.807, 2.05) is 0 Å². The van der Waals surface area contributed by atoms with Crippen LogP contribution in [-0.4, -0.2) is 11.3 Å². The van der Waals surface area contributed by atoms with Crippen molar-refractivity contribution in [1.29, 1.82) is 0 Å². The number of halogens is 2. The Morgan fingerprint density at radius 2 is 2.10 bits per heavy atom. The first-order valence-electron chi connectivity index (χ1n) is 3.16. The Balaban J connectivity index is 0.000000810. The molecule has 0 aromatic carbocycles. The van der Waals surface area contributed by atoms with Gasteiger partial charge in [-0.25, -0.2) is 0 Å². The minimum absolute atomic E-state index is 0. The van der Waals surface area contributed by atoms with Crippen LogP contribution in [0.4, 0.5) is 0 Å². The molecule has 1 atom stereocenters. The van der Waals surface area contributed by atoms with E-state index < -0.39 is 6.04 Å². The second kappa shape index (κ2) is 4.16. The smallest absolute Gasteiger partial charge is 0.238 e. The summed E-state index contributed by atoms with van der Waals surface area (Å²) < 4.78 is 0. The quantitative estimate of drug-likeness (QED) is 0.657. The van der Waals surface area contributed by atoms with Crippen molar-refractivity contribution < 1.29 is 4.79 Å². The molecule has 10 heavy (non-hydrogen) atoms. The lowest BCUT2D eigenvalue weighted by molar-refractivity contribution is -0.114. The molecule has 1 aliphatic rings. The molecule has 0 bridgehead atoms. The average molecular weight is 184 g/mol. The maximum Gasteiger partial charge on any atom is 0.238 e. The summed E-state index contributed by atoms with van der Waals surface area (Å²) in [5, 5.41) is -0.389. The number of hydrogen-bond donors (Lipinski definition) is 1. The molecule has 4 heteroatoms. The number of carbonyl (C=O) groups is 1. The van der Waals surface area contributed by atoms with Crippen LogP contribution in [0.5, 0.6) is 0 Å². The van der Waals surface area contributed by atoms with Crippen molar-refractivity contribution in [3.63, 3.8) is 0 Å². The van der Waals surface area contributed by atoms with Gasteiger partial charge in [0, 0.05) is 0 Å². The third-order valence-corrected chi connectivity index (χ3v) is 2.17. The summed E-state index contributed by atoms with van der Waals surface area (Å²) in [4.78, 5) is 10.4. The molecule has 0 spiro atoms. The molecule has 1 rings (SSSR count). The van der Waals surface area contributed by atoms with Gasteiger partial charge in [0.05, 0.1) is 6.04 Å². The van der Waals surface area contributed by atoms with Crippen molar-refractivity contribution in [2.45, 2.75) is 25.3 Å². The number of nitrogens with two attached hydrogens (primary N) is 1. The van der Waals surface area contributed by atoms with Gasteiger partial charge in [-0.15, -0.1) is 12.4 Å². The highest BCUT2D eigenvalue weighted by molar-refractivity contribution is 6.64. The fraction of sp³-hybridized carbons (Fsp3) is 0.833. The Kier molecular flexibility index (Phi) is 4.25. The SMILES string of the molecule is Cl.N[C@H](C(=O)Cl)C1CCC1. The van der Waals surface area contributed by atoms with E-state index in [1.54, 1.807) is 0 Å². The van der Waals surface area contributed by atoms with Gasteiger partial charge in [-0.1, -0.05) is 6.42 Å². The zero-order chi connectivity index (χ0) is 6.85. The van der Waals surface area contributed by atoms with Gasteiger partial charge < -0.3 is 5.73 Å². The largest absolute Gasteiger partial charge is 0.320 e. The van der Waals surface area contributed by atoms with Crippen LogP contribution in [-0.2, 0) is 4.79 Å². The average Bonchev–Trinajstić information content (AvgIpc) is 1.60. The van der Waals surface area contributed by atoms with Gasteiger partial charge in [-0.3, -0.25) is 4.79 Å². The molecule has 2 N–H and O–H groups in total. The summed E-state index contributed by atoms with van der Waals surface area (Å²) in [6, 6.07) is -0.402. The fourth-order valence-corrected chi connectivity index (χ4v) is 1.16. The van der Waals surface area contributed by atoms with Gasteiger partial charge in [0.15, 0.2) is 0 Å². The Hall–Kier alpha value is 0.210. The van der Waals surface area contributed by atoms with Crippen molar-refractivity contribution in [3.05, 3.63) is 0 Å². The Bertz CT molecular complexity index is 125. The van der Waals surface area contributed by atoms with E-state index in [2.05, 4.69) is 0 Å². The highest BCUT2D eigenvalue weighted by atomic mass is 35.5. The molecule has 0 aromatic rings. The van der Waals surface area contributed by atoms with Crippen LogP contribution in [0, 0.1) is 5.92 Å². The van der Waals surface area contributed by atoms with E-state index in [9.17, 15) is 4.79 Å². The molecule has 1 fully saturated rings. The summed E-state index contributed by atoms with van der Waals surface area (Å²) in [6.07, 6.45) is 3.34. The van der Waals surface area contributed by atoms with Gasteiger partial charge >= 0.3 is 0 Å². The topological polar surface area (TPSA) is 43.1 Å². The molecule has 0 aliphatic heterocycles. The molecule has 0 radical (unpaired) electrons. The summed E-state index contributed by atoms with van der Waals surface area (Å²) in [6.45, 7) is 0. The molecular formula is C6H11Cl2NO. The van der Waals surface area contributed by atoms with Crippen molar-refractivity contribution in [3.8, 4) is 0 Å². The van der Waals surface area contributed by atoms with E-state index in [4.69, 9.17) is 17.3 Å². The third kappa shape index (κ3) is 2.11. The molecule has 0 aromatic heterocycles. The van der Waals surface area contributed by atoms with Crippen LogP contribution in [0.1, 0.15) is 19.3 Å². The third-order valence-electron chi connectivity index (χ3n) is 1.92. The Labute approximate surface area is 71.5 Å². The van der Waals surface area contributed by atoms with E-state index in [1.165, 1.54) is 6.42 Å². The van der Waals surface area contributed by atoms with Gasteiger partial charge in [-0.2, -0.15) is 0 Å². The summed E-state index contributed by atoms with van der Waals surface area (Å²) in [7, 11) is 0. The predicted octanol–water partition coefficient (Wildman–Crippen LogP) is 1.30. The zero-order valence-corrected chi connectivity index (χ0v) is 7.12. The highest BCUT2D eigenvalue weighted by Gasteiger charge is 2.28. The van der Waals surface area contributed by atoms with Crippen molar-refractivity contribution in [2.24, 2.45) is 11.7 Å². The first-order chi connectivity index (χ1) is 4.22. The summed E-state index contributed by atoms with van der Waals surface area (Å²) in [5.74, 6) is 0.370. The second-order valence-corrected chi connectivity index (χ2v) is 2.89. The normalized spacial score (nSPS) is 20.6. The minimum atomic E-state index is -0.402. The number of hydrogen-bond acceptors (Lipinski definition) is 2. The molecular weight excluding hydrogens is 173 g/mol. The monoisotopic (exact) mass is 183 g/mol. The molecule has 0 unspecified atom stereocenters. The van der Waals surface area contributed by atoms with Crippen LogP contribution in [0.2, 0.25) is 0 Å². The fourth-order valence-electron chi connectivity index (χ4n) is 0.984. The van der Waals surface area contributed by atoms with E-state index >= 15 is 0 Å². The molecule has 1 saturated carbocycles. The molecule has 60 valence electrons. The van der Waals surface area contributed by atoms with Gasteiger partial charge in [0.1, 0.15) is 0 Å². The van der Waals surface area contributed by atoms with Crippen LogP contribution >= 0.6 is 24.0 Å². The van der Waals surface area contributed by atoms with Crippen LogP contribution < -0.4 is 5.73 Å². The molecule has 2 nitrogen and oxygen atoms in total. The lowest BCUT2D eigenvalue weighted by atomic mass is 9.80. The standard InChI is InChI=1S/C6H10ClNO.ClH/c7-6(9)5(8)4-2-1-3-4;/h4-5H,1-3,8H2;1H/t5-;/m0./s1. The van der Waals surface area contributed by atoms with E-state index in [-0.39, 0.29) is 17.6 Å². The first-order valence-corrected chi connectivity index (χ1v) is 3.54. The summed E-state index contributed by atoms with van der Waals surface area (Å²) in [5.41, 5.74) is 5.44. The zero-order valence-electron chi connectivity index (χ0n) is 5.55. The van der Waals surface area contributed by atoms with Crippen LogP contribution in [0.15, 0.2) is 0 Å². The van der Waals surface area contributed by atoms with Gasteiger partial charge in [0.2, 0.25) is 5.24 Å². The maximum atomic E-state index is 10.4. The first kappa shape index (κ1) is 10.2. The lowest BCUT2D eigenvalue weighted by Gasteiger charge is -2.28. The molecule has 0 heterocycles. The summed E-state index contributed by atoms with van der Waals surface area (Å²) >= 11 is 5.17. The molecule has 1 aliphatic carbocycles. The Morgan fingerprint density at radius 1 is 1.60 bits per heavy atom. The van der Waals surface area contributed by atoms with Crippen molar-refractivity contribution in [1.82, 2.24) is 0 Å². The highest BCUT2D eigenvalue weighted by Crippen LogP contribution is 2.29. The van der Waals surface area contributed by atoms with Gasteiger partial charge in [-0.05, 0) is 30.4 Å². The lowest BCUT2D eigenvalue weighted by Crippen LogP contribution is -2.39. The number of rotatable bonds is 2. The van der Waals surface area contributed by atoms with Gasteiger partial charge in [0.25, 0.3) is 0 Å².